The number of allylic oxidation sites excluding steroid dienone is 4. The first kappa shape index (κ1) is 18.1. The summed E-state index contributed by atoms with van der Waals surface area (Å²) in [6.45, 7) is 3.14. The van der Waals surface area contributed by atoms with Crippen molar-refractivity contribution in [3.63, 3.8) is 0 Å². The Labute approximate surface area is 152 Å². The van der Waals surface area contributed by atoms with Crippen LogP contribution in [0.4, 0.5) is 4.39 Å². The summed E-state index contributed by atoms with van der Waals surface area (Å²) in [6.07, 6.45) is 9.13. The SMILES string of the molecule is COc1c(CN(C)CC2=CCC=C(F)C=C2)c(C)c(O)c2ncccc12. The van der Waals surface area contributed by atoms with Gasteiger partial charge < -0.3 is 9.84 Å². The van der Waals surface area contributed by atoms with Gasteiger partial charge in [-0.25, -0.2) is 4.39 Å². The molecule has 0 amide bonds. The van der Waals surface area contributed by atoms with Gasteiger partial charge in [-0.15, -0.1) is 0 Å². The topological polar surface area (TPSA) is 45.6 Å². The Hall–Kier alpha value is -2.66. The highest BCUT2D eigenvalue weighted by Crippen LogP contribution is 2.39. The van der Waals surface area contributed by atoms with Crippen LogP contribution in [0.2, 0.25) is 0 Å². The first-order valence-corrected chi connectivity index (χ1v) is 8.55. The van der Waals surface area contributed by atoms with E-state index in [1.165, 1.54) is 6.08 Å². The fraction of sp³-hybridized carbons (Fsp3) is 0.286. The summed E-state index contributed by atoms with van der Waals surface area (Å²) in [5.74, 6) is 0.710. The Kier molecular flexibility index (Phi) is 5.38. The average molecular weight is 354 g/mol. The van der Waals surface area contributed by atoms with E-state index in [4.69, 9.17) is 4.74 Å². The van der Waals surface area contributed by atoms with E-state index in [2.05, 4.69) is 9.88 Å². The molecule has 136 valence electrons. The van der Waals surface area contributed by atoms with E-state index in [0.717, 1.165) is 27.8 Å². The smallest absolute Gasteiger partial charge is 0.145 e. The van der Waals surface area contributed by atoms with Crippen molar-refractivity contribution in [2.75, 3.05) is 20.7 Å². The van der Waals surface area contributed by atoms with E-state index >= 15 is 0 Å². The number of benzene rings is 1. The van der Waals surface area contributed by atoms with Gasteiger partial charge in [-0.1, -0.05) is 12.2 Å². The van der Waals surface area contributed by atoms with Crippen LogP contribution in [0.25, 0.3) is 10.9 Å². The number of likely N-dealkylation sites (N-methyl/N-ethyl adjacent to an activating group) is 1. The molecule has 1 N–H and O–H groups in total. The second-order valence-corrected chi connectivity index (χ2v) is 6.49. The lowest BCUT2D eigenvalue weighted by Gasteiger charge is -2.22. The van der Waals surface area contributed by atoms with Crippen molar-refractivity contribution in [1.82, 2.24) is 9.88 Å². The Bertz CT molecular complexity index is 916. The molecule has 0 radical (unpaired) electrons. The maximum Gasteiger partial charge on any atom is 0.145 e. The standard InChI is InChI=1S/C21H23FN2O2/c1-14-18(13-24(2)12-15-6-4-7-16(22)10-9-15)21(26-3)17-8-5-11-23-19(17)20(14)25/h5-11,25H,4,12-13H2,1-3H3. The number of nitrogens with zero attached hydrogens (tertiary/aromatic N) is 2. The van der Waals surface area contributed by atoms with Crippen molar-refractivity contribution < 1.29 is 14.2 Å². The molecule has 1 aliphatic carbocycles. The number of halogens is 1. The third-order valence-corrected chi connectivity index (χ3v) is 4.59. The molecule has 0 saturated carbocycles. The third kappa shape index (κ3) is 3.63. The molecule has 0 aliphatic heterocycles. The van der Waals surface area contributed by atoms with Crippen LogP contribution in [0.3, 0.4) is 0 Å². The van der Waals surface area contributed by atoms with Crippen molar-refractivity contribution in [3.05, 3.63) is 65.2 Å². The Morgan fingerprint density at radius 2 is 2.08 bits per heavy atom. The summed E-state index contributed by atoms with van der Waals surface area (Å²) in [7, 11) is 3.62. The number of ether oxygens (including phenoxy) is 1. The summed E-state index contributed by atoms with van der Waals surface area (Å²) < 4.78 is 19.0. The van der Waals surface area contributed by atoms with E-state index in [9.17, 15) is 9.50 Å². The zero-order chi connectivity index (χ0) is 18.7. The largest absolute Gasteiger partial charge is 0.505 e. The third-order valence-electron chi connectivity index (χ3n) is 4.59. The van der Waals surface area contributed by atoms with Gasteiger partial charge in [-0.05, 0) is 50.3 Å². The van der Waals surface area contributed by atoms with Gasteiger partial charge in [0.05, 0.1) is 7.11 Å². The van der Waals surface area contributed by atoms with Crippen LogP contribution in [0.5, 0.6) is 11.5 Å². The Morgan fingerprint density at radius 3 is 2.85 bits per heavy atom. The lowest BCUT2D eigenvalue weighted by molar-refractivity contribution is 0.341. The molecule has 1 aromatic carbocycles. The Morgan fingerprint density at radius 1 is 1.27 bits per heavy atom. The lowest BCUT2D eigenvalue weighted by atomic mass is 10.0. The minimum Gasteiger partial charge on any atom is -0.505 e. The van der Waals surface area contributed by atoms with Gasteiger partial charge in [0.1, 0.15) is 22.8 Å². The highest BCUT2D eigenvalue weighted by Gasteiger charge is 2.19. The number of aromatic hydroxyl groups is 1. The lowest BCUT2D eigenvalue weighted by Crippen LogP contribution is -2.21. The first-order chi connectivity index (χ1) is 12.5. The van der Waals surface area contributed by atoms with Crippen LogP contribution in [0.1, 0.15) is 17.5 Å². The van der Waals surface area contributed by atoms with Crippen molar-refractivity contribution >= 4 is 10.9 Å². The molecule has 1 aromatic heterocycles. The molecule has 26 heavy (non-hydrogen) atoms. The summed E-state index contributed by atoms with van der Waals surface area (Å²) in [6, 6.07) is 3.73. The molecule has 3 rings (SSSR count). The maximum absolute atomic E-state index is 13.3. The minimum absolute atomic E-state index is 0.185. The van der Waals surface area contributed by atoms with Gasteiger partial charge in [0.25, 0.3) is 0 Å². The minimum atomic E-state index is -0.205. The van der Waals surface area contributed by atoms with Gasteiger partial charge in [0.15, 0.2) is 0 Å². The van der Waals surface area contributed by atoms with Crippen molar-refractivity contribution in [1.29, 1.82) is 0 Å². The van der Waals surface area contributed by atoms with E-state index in [1.54, 1.807) is 25.5 Å². The van der Waals surface area contributed by atoms with Crippen molar-refractivity contribution in [2.24, 2.45) is 0 Å². The second kappa shape index (κ2) is 7.70. The molecule has 0 fully saturated rings. The van der Waals surface area contributed by atoms with Crippen LogP contribution in [0, 0.1) is 6.92 Å². The molecule has 4 nitrogen and oxygen atoms in total. The predicted octanol–water partition coefficient (Wildman–Crippen LogP) is 4.43. The fourth-order valence-electron chi connectivity index (χ4n) is 3.25. The van der Waals surface area contributed by atoms with Gasteiger partial charge in [0.2, 0.25) is 0 Å². The monoisotopic (exact) mass is 354 g/mol. The molecule has 0 atom stereocenters. The van der Waals surface area contributed by atoms with E-state index < -0.39 is 0 Å². The molecular formula is C21H23FN2O2. The zero-order valence-electron chi connectivity index (χ0n) is 15.3. The fourth-order valence-corrected chi connectivity index (χ4v) is 3.25. The van der Waals surface area contributed by atoms with Gasteiger partial charge in [0, 0.05) is 35.8 Å². The predicted molar refractivity (Wildman–Crippen MR) is 102 cm³/mol. The number of phenols is 1. The summed E-state index contributed by atoms with van der Waals surface area (Å²) >= 11 is 0. The van der Waals surface area contributed by atoms with Gasteiger partial charge in [-0.3, -0.25) is 9.88 Å². The van der Waals surface area contributed by atoms with Crippen molar-refractivity contribution in [2.45, 2.75) is 19.9 Å². The molecule has 0 saturated heterocycles. The Balaban J connectivity index is 1.90. The number of fused-ring (bicyclic) bond motifs is 1. The molecule has 2 aromatic rings. The van der Waals surface area contributed by atoms with Crippen LogP contribution in [-0.2, 0) is 6.54 Å². The van der Waals surface area contributed by atoms with Gasteiger partial charge in [-0.2, -0.15) is 0 Å². The quantitative estimate of drug-likeness (QED) is 0.863. The number of hydrogen-bond donors (Lipinski definition) is 1. The summed E-state index contributed by atoms with van der Waals surface area (Å²) in [5.41, 5.74) is 3.29. The molecule has 1 aliphatic rings. The number of phenolic OH excluding ortho intramolecular Hbond substituents is 1. The highest BCUT2D eigenvalue weighted by molar-refractivity contribution is 5.92. The van der Waals surface area contributed by atoms with Gasteiger partial charge >= 0.3 is 0 Å². The maximum atomic E-state index is 13.3. The number of aromatic nitrogens is 1. The van der Waals surface area contributed by atoms with Crippen LogP contribution in [-0.4, -0.2) is 35.7 Å². The van der Waals surface area contributed by atoms with E-state index in [0.29, 0.717) is 25.0 Å². The number of methoxy groups -OCH3 is 1. The normalized spacial score (nSPS) is 14.3. The van der Waals surface area contributed by atoms with Crippen LogP contribution in [0.15, 0.2) is 54.0 Å². The second-order valence-electron chi connectivity index (χ2n) is 6.49. The number of hydrogen-bond acceptors (Lipinski definition) is 4. The number of rotatable bonds is 5. The molecule has 0 spiro atoms. The molecule has 1 heterocycles. The average Bonchev–Trinajstić information content (AvgIpc) is 2.84. The van der Waals surface area contributed by atoms with Crippen molar-refractivity contribution in [3.8, 4) is 11.5 Å². The van der Waals surface area contributed by atoms with E-state index in [1.807, 2.05) is 32.2 Å². The molecule has 0 unspecified atom stereocenters. The molecule has 0 bridgehead atoms. The number of pyridine rings is 1. The zero-order valence-corrected chi connectivity index (χ0v) is 15.3. The van der Waals surface area contributed by atoms with Crippen LogP contribution < -0.4 is 4.74 Å². The van der Waals surface area contributed by atoms with E-state index in [-0.39, 0.29) is 11.6 Å². The summed E-state index contributed by atoms with van der Waals surface area (Å²) in [5, 5.41) is 11.3. The molecular weight excluding hydrogens is 331 g/mol. The highest BCUT2D eigenvalue weighted by atomic mass is 19.1. The summed E-state index contributed by atoms with van der Waals surface area (Å²) in [4.78, 5) is 6.40. The van der Waals surface area contributed by atoms with Crippen LogP contribution >= 0.6 is 0 Å². The first-order valence-electron chi connectivity index (χ1n) is 8.55. The molecule has 5 heteroatoms.